The summed E-state index contributed by atoms with van der Waals surface area (Å²) in [6.45, 7) is 4.21. The van der Waals surface area contributed by atoms with Crippen molar-refractivity contribution in [2.45, 2.75) is 19.4 Å². The first-order valence-electron chi connectivity index (χ1n) is 8.77. The summed E-state index contributed by atoms with van der Waals surface area (Å²) in [6, 6.07) is 7.22. The zero-order chi connectivity index (χ0) is 18.5. The number of methoxy groups -OCH3 is 1. The van der Waals surface area contributed by atoms with Gasteiger partial charge in [0.05, 0.1) is 13.4 Å². The van der Waals surface area contributed by atoms with Crippen molar-refractivity contribution in [3.8, 4) is 5.75 Å². The smallest absolute Gasteiger partial charge is 0.254 e. The number of benzene rings is 1. The molecule has 0 unspecified atom stereocenters. The van der Waals surface area contributed by atoms with Crippen molar-refractivity contribution in [1.82, 2.24) is 19.4 Å². The van der Waals surface area contributed by atoms with Gasteiger partial charge < -0.3 is 19.1 Å². The van der Waals surface area contributed by atoms with Gasteiger partial charge in [0.15, 0.2) is 0 Å². The Morgan fingerprint density at radius 2 is 1.92 bits per heavy atom. The lowest BCUT2D eigenvalue weighted by atomic mass is 10.1. The molecule has 0 aliphatic carbocycles. The molecule has 2 aromatic rings. The van der Waals surface area contributed by atoms with E-state index < -0.39 is 0 Å². The molecule has 3 rings (SSSR count). The Labute approximate surface area is 153 Å². The maximum atomic E-state index is 12.6. The van der Waals surface area contributed by atoms with E-state index in [2.05, 4.69) is 4.98 Å². The van der Waals surface area contributed by atoms with Gasteiger partial charge in [-0.1, -0.05) is 6.07 Å². The number of hydrogen-bond acceptors (Lipinski definition) is 4. The summed E-state index contributed by atoms with van der Waals surface area (Å²) in [5, 5.41) is 0. The molecule has 0 radical (unpaired) electrons. The number of hydrogen-bond donors (Lipinski definition) is 0. The quantitative estimate of drug-likeness (QED) is 0.820. The fourth-order valence-corrected chi connectivity index (χ4v) is 3.11. The third-order valence-corrected chi connectivity index (χ3v) is 4.74. The topological polar surface area (TPSA) is 67.7 Å². The summed E-state index contributed by atoms with van der Waals surface area (Å²) >= 11 is 0. The van der Waals surface area contributed by atoms with Crippen molar-refractivity contribution >= 4 is 11.8 Å². The monoisotopic (exact) mass is 356 g/mol. The van der Waals surface area contributed by atoms with Crippen molar-refractivity contribution in [1.29, 1.82) is 0 Å². The van der Waals surface area contributed by atoms with Crippen LogP contribution in [0.15, 0.2) is 43.0 Å². The summed E-state index contributed by atoms with van der Waals surface area (Å²) in [6.07, 6.45) is 5.73. The second kappa shape index (κ2) is 8.03. The van der Waals surface area contributed by atoms with Gasteiger partial charge in [0.1, 0.15) is 5.75 Å². The third-order valence-electron chi connectivity index (χ3n) is 4.74. The molecule has 0 bridgehead atoms. The van der Waals surface area contributed by atoms with Crippen molar-refractivity contribution in [3.05, 3.63) is 48.5 Å². The van der Waals surface area contributed by atoms with Crippen LogP contribution >= 0.6 is 0 Å². The van der Waals surface area contributed by atoms with E-state index in [1.54, 1.807) is 36.7 Å². The molecule has 7 nitrogen and oxygen atoms in total. The van der Waals surface area contributed by atoms with Crippen molar-refractivity contribution in [2.75, 3.05) is 33.3 Å². The zero-order valence-corrected chi connectivity index (χ0v) is 15.2. The van der Waals surface area contributed by atoms with Gasteiger partial charge in [0.2, 0.25) is 5.91 Å². The number of carbonyl (C=O) groups is 2. The highest BCUT2D eigenvalue weighted by Crippen LogP contribution is 2.17. The minimum atomic E-state index is -0.0252. The molecule has 1 aliphatic rings. The highest BCUT2D eigenvalue weighted by Gasteiger charge is 2.25. The first-order valence-corrected chi connectivity index (χ1v) is 8.77. The highest BCUT2D eigenvalue weighted by molar-refractivity contribution is 5.94. The molecule has 26 heavy (non-hydrogen) atoms. The molecule has 0 spiro atoms. The van der Waals surface area contributed by atoms with Crippen LogP contribution in [0.1, 0.15) is 29.7 Å². The summed E-state index contributed by atoms with van der Waals surface area (Å²) in [4.78, 5) is 32.8. The first kappa shape index (κ1) is 18.0. The van der Waals surface area contributed by atoms with E-state index in [4.69, 9.17) is 4.74 Å². The Morgan fingerprint density at radius 1 is 1.19 bits per heavy atom. The maximum Gasteiger partial charge on any atom is 0.254 e. The molecular weight excluding hydrogens is 332 g/mol. The maximum absolute atomic E-state index is 12.6. The molecule has 2 heterocycles. The number of rotatable bonds is 5. The molecule has 7 heteroatoms. The SMILES string of the molecule is COc1cccc(C(=O)N2CCN(C(=O)C[C@@H](C)n3ccnc3)CC2)c1. The highest BCUT2D eigenvalue weighted by atomic mass is 16.5. The summed E-state index contributed by atoms with van der Waals surface area (Å²) in [5.41, 5.74) is 0.609. The molecule has 1 aliphatic heterocycles. The largest absolute Gasteiger partial charge is 0.497 e. The predicted octanol–water partition coefficient (Wildman–Crippen LogP) is 1.83. The number of nitrogens with zero attached hydrogens (tertiary/aromatic N) is 4. The molecule has 2 amide bonds. The van der Waals surface area contributed by atoms with Gasteiger partial charge in [-0.25, -0.2) is 4.98 Å². The van der Waals surface area contributed by atoms with Crippen molar-refractivity contribution < 1.29 is 14.3 Å². The fourth-order valence-electron chi connectivity index (χ4n) is 3.11. The van der Waals surface area contributed by atoms with Crippen molar-refractivity contribution in [3.63, 3.8) is 0 Å². The molecule has 1 saturated heterocycles. The minimum absolute atomic E-state index is 0.0252. The van der Waals surface area contributed by atoms with E-state index in [1.807, 2.05) is 34.7 Å². The molecule has 1 fully saturated rings. The van der Waals surface area contributed by atoms with Gasteiger partial charge in [-0.15, -0.1) is 0 Å². The number of piperazine rings is 1. The lowest BCUT2D eigenvalue weighted by Gasteiger charge is -2.35. The summed E-state index contributed by atoms with van der Waals surface area (Å²) in [5.74, 6) is 0.751. The Morgan fingerprint density at radius 3 is 2.58 bits per heavy atom. The number of amides is 2. The molecule has 0 N–H and O–H groups in total. The van der Waals surface area contributed by atoms with E-state index in [0.717, 1.165) is 0 Å². The molecule has 138 valence electrons. The Balaban J connectivity index is 1.53. The van der Waals surface area contributed by atoms with Gasteiger partial charge >= 0.3 is 0 Å². The fraction of sp³-hybridized carbons (Fsp3) is 0.421. The van der Waals surface area contributed by atoms with E-state index >= 15 is 0 Å². The molecule has 0 saturated carbocycles. The van der Waals surface area contributed by atoms with Crippen LogP contribution in [0.3, 0.4) is 0 Å². The van der Waals surface area contributed by atoms with Crippen LogP contribution in [0.5, 0.6) is 5.75 Å². The number of aromatic nitrogens is 2. The Bertz CT molecular complexity index is 752. The van der Waals surface area contributed by atoms with Crippen LogP contribution < -0.4 is 4.74 Å². The lowest BCUT2D eigenvalue weighted by Crippen LogP contribution is -2.50. The predicted molar refractivity (Wildman–Crippen MR) is 97.0 cm³/mol. The zero-order valence-electron chi connectivity index (χ0n) is 15.2. The standard InChI is InChI=1S/C19H24N4O3/c1-15(23-7-6-20-14-23)12-18(24)21-8-10-22(11-9-21)19(25)16-4-3-5-17(13-16)26-2/h3-7,13-15H,8-12H2,1-2H3/t15-/m1/s1. The number of imidazole rings is 1. The second-order valence-electron chi connectivity index (χ2n) is 6.47. The lowest BCUT2D eigenvalue weighted by molar-refractivity contribution is -0.133. The summed E-state index contributed by atoms with van der Waals surface area (Å²) < 4.78 is 7.11. The average Bonchev–Trinajstić information content (AvgIpc) is 3.22. The van der Waals surface area contributed by atoms with Crippen LogP contribution in [0, 0.1) is 0 Å². The Hall–Kier alpha value is -2.83. The van der Waals surface area contributed by atoms with Crippen LogP contribution in [0.25, 0.3) is 0 Å². The van der Waals surface area contributed by atoms with Gasteiger partial charge in [0, 0.05) is 56.6 Å². The van der Waals surface area contributed by atoms with E-state index in [1.165, 1.54) is 0 Å². The summed E-state index contributed by atoms with van der Waals surface area (Å²) in [7, 11) is 1.58. The van der Waals surface area contributed by atoms with Crippen LogP contribution in [-0.2, 0) is 4.79 Å². The Kier molecular flexibility index (Phi) is 5.55. The number of ether oxygens (including phenoxy) is 1. The molecule has 1 aromatic heterocycles. The molecule has 1 atom stereocenters. The normalized spacial score (nSPS) is 15.6. The van der Waals surface area contributed by atoms with Gasteiger partial charge in [-0.05, 0) is 25.1 Å². The van der Waals surface area contributed by atoms with Gasteiger partial charge in [-0.2, -0.15) is 0 Å². The van der Waals surface area contributed by atoms with Crippen LogP contribution in [-0.4, -0.2) is 64.5 Å². The van der Waals surface area contributed by atoms with Gasteiger partial charge in [0.25, 0.3) is 5.91 Å². The third kappa shape index (κ3) is 4.04. The van der Waals surface area contributed by atoms with Crippen LogP contribution in [0.2, 0.25) is 0 Å². The first-order chi connectivity index (χ1) is 12.6. The number of carbonyl (C=O) groups excluding carboxylic acids is 2. The van der Waals surface area contributed by atoms with Gasteiger partial charge in [-0.3, -0.25) is 9.59 Å². The van der Waals surface area contributed by atoms with E-state index in [9.17, 15) is 9.59 Å². The molecule has 1 aromatic carbocycles. The average molecular weight is 356 g/mol. The van der Waals surface area contributed by atoms with Crippen LogP contribution in [0.4, 0.5) is 0 Å². The van der Waals surface area contributed by atoms with Crippen molar-refractivity contribution in [2.24, 2.45) is 0 Å². The molecular formula is C19H24N4O3. The minimum Gasteiger partial charge on any atom is -0.497 e. The van der Waals surface area contributed by atoms with E-state index in [-0.39, 0.29) is 17.9 Å². The van der Waals surface area contributed by atoms with E-state index in [0.29, 0.717) is 43.9 Å². The second-order valence-corrected chi connectivity index (χ2v) is 6.47.